The van der Waals surface area contributed by atoms with Crippen LogP contribution in [0.1, 0.15) is 24.8 Å². The number of sulfone groups is 1. The van der Waals surface area contributed by atoms with Gasteiger partial charge in [-0.3, -0.25) is 14.6 Å². The molecule has 1 aromatic rings. The van der Waals surface area contributed by atoms with E-state index in [9.17, 15) is 13.2 Å². The lowest BCUT2D eigenvalue weighted by Gasteiger charge is -2.49. The molecule has 26 heavy (non-hydrogen) atoms. The Labute approximate surface area is 156 Å². The van der Waals surface area contributed by atoms with Crippen LogP contribution in [0.3, 0.4) is 0 Å². The predicted octanol–water partition coefficient (Wildman–Crippen LogP) is 1.22. The first kappa shape index (κ1) is 19.3. The average Bonchev–Trinajstić information content (AvgIpc) is 2.73. The summed E-state index contributed by atoms with van der Waals surface area (Å²) in [5.74, 6) is 0.240. The predicted molar refractivity (Wildman–Crippen MR) is 102 cm³/mol. The van der Waals surface area contributed by atoms with Gasteiger partial charge in [0.2, 0.25) is 5.91 Å². The van der Waals surface area contributed by atoms with Crippen LogP contribution in [0.15, 0.2) is 29.2 Å². The van der Waals surface area contributed by atoms with Crippen LogP contribution in [-0.4, -0.2) is 81.1 Å². The molecule has 0 aliphatic carbocycles. The molecule has 1 amide bonds. The molecule has 3 rings (SSSR count). The third-order valence-corrected chi connectivity index (χ3v) is 7.11. The molecule has 0 radical (unpaired) electrons. The zero-order chi connectivity index (χ0) is 18.9. The minimum atomic E-state index is -3.15. The van der Waals surface area contributed by atoms with Gasteiger partial charge in [0, 0.05) is 58.0 Å². The molecule has 1 atom stereocenters. The van der Waals surface area contributed by atoms with Crippen LogP contribution in [0.2, 0.25) is 0 Å². The number of nitrogens with zero attached hydrogens (tertiary/aromatic N) is 3. The van der Waals surface area contributed by atoms with E-state index in [0.717, 1.165) is 51.1 Å². The molecule has 6 nitrogen and oxygen atoms in total. The first-order valence-corrected chi connectivity index (χ1v) is 11.1. The zero-order valence-electron chi connectivity index (χ0n) is 15.9. The number of likely N-dealkylation sites (N-methyl/N-ethyl adjacent to an activating group) is 1. The summed E-state index contributed by atoms with van der Waals surface area (Å²) in [5, 5.41) is 0. The first-order chi connectivity index (χ1) is 12.2. The Kier molecular flexibility index (Phi) is 5.42. The van der Waals surface area contributed by atoms with Gasteiger partial charge >= 0.3 is 0 Å². The van der Waals surface area contributed by atoms with Crippen LogP contribution in [0.25, 0.3) is 0 Å². The Bertz CT molecular complexity index is 763. The van der Waals surface area contributed by atoms with E-state index in [1.54, 1.807) is 12.1 Å². The standard InChI is InChI=1S/C19H29N3O3S/c1-20-11-10-19(9-8-18(20)23)15-22(13-12-21(19)2)14-16-4-6-17(7-5-16)26(3,24)25/h4-7H,8-15H2,1-3H3/t19-/m0/s1. The third kappa shape index (κ3) is 4.10. The molecule has 2 heterocycles. The number of hydrogen-bond donors (Lipinski definition) is 0. The van der Waals surface area contributed by atoms with Crippen molar-refractivity contribution >= 4 is 15.7 Å². The highest BCUT2D eigenvalue weighted by molar-refractivity contribution is 7.90. The minimum absolute atomic E-state index is 0.0470. The second-order valence-corrected chi connectivity index (χ2v) is 9.85. The van der Waals surface area contributed by atoms with Crippen molar-refractivity contribution in [1.29, 1.82) is 0 Å². The number of carbonyl (C=O) groups excluding carboxylic acids is 1. The Morgan fingerprint density at radius 2 is 1.73 bits per heavy atom. The summed E-state index contributed by atoms with van der Waals surface area (Å²) in [6.45, 7) is 4.52. The molecule has 1 aromatic carbocycles. The summed E-state index contributed by atoms with van der Waals surface area (Å²) < 4.78 is 23.2. The highest BCUT2D eigenvalue weighted by atomic mass is 32.2. The van der Waals surface area contributed by atoms with Gasteiger partial charge in [-0.05, 0) is 37.6 Å². The van der Waals surface area contributed by atoms with E-state index < -0.39 is 9.84 Å². The second-order valence-electron chi connectivity index (χ2n) is 7.84. The smallest absolute Gasteiger partial charge is 0.222 e. The Morgan fingerprint density at radius 3 is 2.38 bits per heavy atom. The number of amides is 1. The molecule has 2 aliphatic heterocycles. The summed E-state index contributed by atoms with van der Waals surface area (Å²) in [6, 6.07) is 7.20. The van der Waals surface area contributed by atoms with Gasteiger partial charge in [0.1, 0.15) is 0 Å². The largest absolute Gasteiger partial charge is 0.346 e. The van der Waals surface area contributed by atoms with Crippen molar-refractivity contribution < 1.29 is 13.2 Å². The molecule has 0 aromatic heterocycles. The zero-order valence-corrected chi connectivity index (χ0v) is 16.8. The lowest BCUT2D eigenvalue weighted by molar-refractivity contribution is -0.129. The fourth-order valence-electron chi connectivity index (χ4n) is 4.08. The van der Waals surface area contributed by atoms with Crippen LogP contribution in [0.5, 0.6) is 0 Å². The van der Waals surface area contributed by atoms with E-state index in [-0.39, 0.29) is 11.4 Å². The highest BCUT2D eigenvalue weighted by Gasteiger charge is 2.41. The van der Waals surface area contributed by atoms with Crippen LogP contribution in [-0.2, 0) is 21.2 Å². The van der Waals surface area contributed by atoms with Crippen LogP contribution in [0, 0.1) is 0 Å². The number of piperazine rings is 1. The molecule has 2 fully saturated rings. The summed E-state index contributed by atoms with van der Waals surface area (Å²) in [4.78, 5) is 19.2. The number of likely N-dealkylation sites (tertiary alicyclic amines) is 1. The van der Waals surface area contributed by atoms with Crippen molar-refractivity contribution in [2.45, 2.75) is 36.2 Å². The Hall–Kier alpha value is -1.44. The average molecular weight is 380 g/mol. The molecule has 0 unspecified atom stereocenters. The lowest BCUT2D eigenvalue weighted by Crippen LogP contribution is -2.60. The van der Waals surface area contributed by atoms with E-state index in [4.69, 9.17) is 0 Å². The van der Waals surface area contributed by atoms with Gasteiger partial charge in [-0.1, -0.05) is 12.1 Å². The maximum absolute atomic E-state index is 12.1. The summed E-state index contributed by atoms with van der Waals surface area (Å²) in [5.41, 5.74) is 1.17. The topological polar surface area (TPSA) is 60.9 Å². The van der Waals surface area contributed by atoms with Crippen LogP contribution in [0.4, 0.5) is 0 Å². The van der Waals surface area contributed by atoms with Crippen molar-refractivity contribution in [3.63, 3.8) is 0 Å². The molecule has 144 valence electrons. The number of benzene rings is 1. The van der Waals surface area contributed by atoms with Gasteiger partial charge in [-0.25, -0.2) is 8.42 Å². The van der Waals surface area contributed by atoms with Crippen LogP contribution < -0.4 is 0 Å². The lowest BCUT2D eigenvalue weighted by atomic mass is 9.86. The third-order valence-electron chi connectivity index (χ3n) is 5.98. The molecule has 7 heteroatoms. The Morgan fingerprint density at radius 1 is 1.04 bits per heavy atom. The van der Waals surface area contributed by atoms with Gasteiger partial charge in [-0.2, -0.15) is 0 Å². The van der Waals surface area contributed by atoms with Crippen LogP contribution >= 0.6 is 0 Å². The minimum Gasteiger partial charge on any atom is -0.346 e. The van der Waals surface area contributed by atoms with Gasteiger partial charge in [0.15, 0.2) is 9.84 Å². The SMILES string of the molecule is CN1CC[C@@]2(CCC1=O)CN(Cc1ccc(S(C)(=O)=O)cc1)CCN2C. The highest BCUT2D eigenvalue weighted by Crippen LogP contribution is 2.32. The van der Waals surface area contributed by atoms with Crippen molar-refractivity contribution in [2.75, 3.05) is 46.5 Å². The van der Waals surface area contributed by atoms with E-state index in [1.807, 2.05) is 24.1 Å². The van der Waals surface area contributed by atoms with Crippen molar-refractivity contribution in [3.05, 3.63) is 29.8 Å². The van der Waals surface area contributed by atoms with Gasteiger partial charge in [0.05, 0.1) is 4.90 Å². The van der Waals surface area contributed by atoms with Gasteiger partial charge in [-0.15, -0.1) is 0 Å². The monoisotopic (exact) mass is 379 g/mol. The maximum Gasteiger partial charge on any atom is 0.222 e. The van der Waals surface area contributed by atoms with E-state index >= 15 is 0 Å². The normalized spacial score (nSPS) is 26.3. The van der Waals surface area contributed by atoms with Gasteiger partial charge < -0.3 is 4.90 Å². The number of hydrogen-bond acceptors (Lipinski definition) is 5. The second kappa shape index (κ2) is 7.29. The molecule has 0 bridgehead atoms. The molecule has 0 N–H and O–H groups in total. The van der Waals surface area contributed by atoms with Crippen molar-refractivity contribution in [3.8, 4) is 0 Å². The Balaban J connectivity index is 1.71. The van der Waals surface area contributed by atoms with E-state index in [1.165, 1.54) is 6.26 Å². The summed E-state index contributed by atoms with van der Waals surface area (Å²) in [6.07, 6.45) is 3.74. The molecule has 0 saturated carbocycles. The fourth-order valence-corrected chi connectivity index (χ4v) is 4.71. The number of rotatable bonds is 3. The fraction of sp³-hybridized carbons (Fsp3) is 0.632. The summed E-state index contributed by atoms with van der Waals surface area (Å²) >= 11 is 0. The van der Waals surface area contributed by atoms with E-state index in [2.05, 4.69) is 16.8 Å². The first-order valence-electron chi connectivity index (χ1n) is 9.16. The molecular formula is C19H29N3O3S. The van der Waals surface area contributed by atoms with E-state index in [0.29, 0.717) is 11.3 Å². The maximum atomic E-state index is 12.1. The van der Waals surface area contributed by atoms with Crippen molar-refractivity contribution in [2.24, 2.45) is 0 Å². The molecule has 2 saturated heterocycles. The molecule has 2 aliphatic rings. The molecule has 1 spiro atoms. The number of carbonyl (C=O) groups is 1. The quantitative estimate of drug-likeness (QED) is 0.790. The van der Waals surface area contributed by atoms with Gasteiger partial charge in [0.25, 0.3) is 0 Å². The summed E-state index contributed by atoms with van der Waals surface area (Å²) in [7, 11) is 0.915. The molecular weight excluding hydrogens is 350 g/mol. The van der Waals surface area contributed by atoms with Crippen molar-refractivity contribution in [1.82, 2.24) is 14.7 Å².